The molecular weight excluding hydrogens is 358 g/mol. The first-order chi connectivity index (χ1) is 7.52. The van der Waals surface area contributed by atoms with Gasteiger partial charge in [-0.15, -0.1) is 17.2 Å². The smallest absolute Gasteiger partial charge is 1.00 e. The second-order valence-corrected chi connectivity index (χ2v) is 13.8. The molecule has 0 spiro atoms. The summed E-state index contributed by atoms with van der Waals surface area (Å²) in [6.45, 7) is 9.01. The van der Waals surface area contributed by atoms with Crippen LogP contribution in [-0.4, -0.2) is 5.43 Å². The largest absolute Gasteiger partial charge is 1.00 e. The molecule has 18 heavy (non-hydrogen) atoms. The zero-order valence-corrected chi connectivity index (χ0v) is 16.4. The van der Waals surface area contributed by atoms with Crippen LogP contribution in [0.25, 0.3) is 0 Å². The molecule has 2 rings (SSSR count). The van der Waals surface area contributed by atoms with Crippen molar-refractivity contribution < 1.29 is 48.1 Å². The summed E-state index contributed by atoms with van der Waals surface area (Å²) in [6, 6.07) is 0. The summed E-state index contributed by atoms with van der Waals surface area (Å²) in [6.07, 6.45) is 12.1. The van der Waals surface area contributed by atoms with Crippen molar-refractivity contribution in [2.75, 3.05) is 0 Å². The first-order valence-electron chi connectivity index (χ1n) is 5.67. The van der Waals surface area contributed by atoms with Gasteiger partial charge in [-0.3, -0.25) is 0 Å². The Morgan fingerprint density at radius 1 is 1.22 bits per heavy atom. The van der Waals surface area contributed by atoms with Crippen LogP contribution in [0.4, 0.5) is 0 Å². The van der Waals surface area contributed by atoms with E-state index in [1.165, 1.54) is 22.3 Å². The van der Waals surface area contributed by atoms with Gasteiger partial charge >= 0.3 is 41.9 Å². The Hall–Kier alpha value is 0.640. The minimum Gasteiger partial charge on any atom is -1.00 e. The average molecular weight is 378 g/mol. The molecule has 0 aromatic rings. The average Bonchev–Trinajstić information content (AvgIpc) is 2.77. The molecule has 2 aliphatic rings. The Morgan fingerprint density at radius 2 is 1.78 bits per heavy atom. The van der Waals surface area contributed by atoms with Crippen LogP contribution in [0.1, 0.15) is 26.7 Å². The molecule has 0 amide bonds. The van der Waals surface area contributed by atoms with E-state index in [0.29, 0.717) is 0 Å². The van der Waals surface area contributed by atoms with E-state index in [-0.39, 0.29) is 30.2 Å². The van der Waals surface area contributed by atoms with Gasteiger partial charge < -0.3 is 24.8 Å². The zero-order valence-electron chi connectivity index (χ0n) is 11.4. The van der Waals surface area contributed by atoms with Crippen molar-refractivity contribution in [3.63, 3.8) is 0 Å². The van der Waals surface area contributed by atoms with Crippen LogP contribution in [0.15, 0.2) is 40.5 Å². The maximum Gasteiger partial charge on any atom is -1.00 e. The Morgan fingerprint density at radius 3 is 2.11 bits per heavy atom. The van der Waals surface area contributed by atoms with Gasteiger partial charge in [0, 0.05) is 0 Å². The van der Waals surface area contributed by atoms with Crippen molar-refractivity contribution in [3.8, 4) is 0 Å². The van der Waals surface area contributed by atoms with Crippen LogP contribution in [0.2, 0.25) is 13.1 Å². The van der Waals surface area contributed by atoms with Gasteiger partial charge in [-0.2, -0.15) is 17.2 Å². The molecule has 0 nitrogen and oxygen atoms in total. The fourth-order valence-corrected chi connectivity index (χ4v) is 1.69. The zero-order chi connectivity index (χ0) is 12.1. The molecule has 98 valence electrons. The molecule has 0 bridgehead atoms. The molecule has 4 heteroatoms. The molecule has 0 N–H and O–H groups in total. The normalized spacial score (nSPS) is 16.1. The number of rotatable bonds is 1. The van der Waals surface area contributed by atoms with Gasteiger partial charge in [0.1, 0.15) is 0 Å². The predicted molar refractivity (Wildman–Crippen MR) is 69.1 cm³/mol. The number of hydrogen-bond acceptors (Lipinski definition) is 0. The van der Waals surface area contributed by atoms with E-state index >= 15 is 0 Å². The first-order valence-corrected chi connectivity index (χ1v) is 11.9. The molecule has 2 aliphatic carbocycles. The number of allylic oxidation sites excluding steroid dienone is 8. The predicted octanol–water partition coefficient (Wildman–Crippen LogP) is -1.87. The Bertz CT molecular complexity index is 414. The van der Waals surface area contributed by atoms with Crippen LogP contribution in [-0.2, 0) is 23.3 Å². The van der Waals surface area contributed by atoms with Crippen LogP contribution in [0.3, 0.4) is 0 Å². The second kappa shape index (κ2) is 10.4. The summed E-state index contributed by atoms with van der Waals surface area (Å²) in [4.78, 5) is 0. The van der Waals surface area contributed by atoms with E-state index in [1.807, 2.05) is 0 Å². The topological polar surface area (TPSA) is 0 Å². The van der Waals surface area contributed by atoms with Crippen LogP contribution in [0.5, 0.6) is 0 Å². The Labute approximate surface area is 139 Å². The SMILES string of the molecule is CC1=C(C)C(C2=CC=CC2)=[C-]C1.C[Si](C)=[Zr+2].[Cl-].[Cl-]. The Kier molecular flexibility index (Phi) is 12.1. The molecule has 0 heterocycles. The third-order valence-corrected chi connectivity index (χ3v) is 2.64. The molecule has 0 fully saturated rings. The van der Waals surface area contributed by atoms with Gasteiger partial charge in [0.25, 0.3) is 0 Å². The van der Waals surface area contributed by atoms with Crippen molar-refractivity contribution in [3.05, 3.63) is 46.6 Å². The first kappa shape index (κ1) is 20.9. The summed E-state index contributed by atoms with van der Waals surface area (Å²) in [5.74, 6) is 0. The van der Waals surface area contributed by atoms with Crippen LogP contribution >= 0.6 is 0 Å². The van der Waals surface area contributed by atoms with E-state index in [9.17, 15) is 0 Å². The standard InChI is InChI=1S/C12H13.C2H6Si.2ClH.Zr/c1-9-7-8-12(10(9)2)11-5-3-4-6-11;1-3-2;;;/h3-5H,6-7H2,1-2H3;1-2H3;2*1H;/q-1;;;;+2/p-2. The van der Waals surface area contributed by atoms with E-state index in [1.54, 1.807) is 23.3 Å². The van der Waals surface area contributed by atoms with E-state index in [0.717, 1.165) is 12.8 Å². The molecule has 0 saturated carbocycles. The molecule has 0 radical (unpaired) electrons. The van der Waals surface area contributed by atoms with E-state index in [4.69, 9.17) is 0 Å². The molecule has 0 atom stereocenters. The molecular formula is C14H19Cl2SiZr-. The third kappa shape index (κ3) is 6.70. The summed E-state index contributed by atoms with van der Waals surface area (Å²) < 4.78 is 0. The maximum atomic E-state index is 3.43. The summed E-state index contributed by atoms with van der Waals surface area (Å²) in [5.41, 5.74) is 5.91. The van der Waals surface area contributed by atoms with Gasteiger partial charge in [-0.25, -0.2) is 0 Å². The van der Waals surface area contributed by atoms with Gasteiger partial charge in [0.15, 0.2) is 0 Å². The van der Waals surface area contributed by atoms with Crippen LogP contribution in [0, 0.1) is 6.08 Å². The molecule has 0 aromatic carbocycles. The van der Waals surface area contributed by atoms with Crippen molar-refractivity contribution in [1.82, 2.24) is 0 Å². The quantitative estimate of drug-likeness (QED) is 0.371. The minimum atomic E-state index is 0. The minimum absolute atomic E-state index is 0. The number of hydrogen-bond donors (Lipinski definition) is 0. The monoisotopic (exact) mass is 375 g/mol. The van der Waals surface area contributed by atoms with Gasteiger partial charge in [-0.05, 0) is 0 Å². The van der Waals surface area contributed by atoms with Gasteiger partial charge in [0.05, 0.1) is 0 Å². The molecule has 0 unspecified atom stereocenters. The van der Waals surface area contributed by atoms with Crippen LogP contribution < -0.4 is 24.8 Å². The summed E-state index contributed by atoms with van der Waals surface area (Å²) >= 11 is 1.74. The fraction of sp³-hybridized carbons (Fsp3) is 0.429. The third-order valence-electron chi connectivity index (χ3n) is 2.64. The summed E-state index contributed by atoms with van der Waals surface area (Å²) in [7, 11) is 0. The second-order valence-electron chi connectivity index (χ2n) is 4.46. The molecule has 0 aromatic heterocycles. The summed E-state index contributed by atoms with van der Waals surface area (Å²) in [5, 5.41) is 0. The van der Waals surface area contributed by atoms with Crippen molar-refractivity contribution in [2.45, 2.75) is 39.8 Å². The molecule has 0 saturated heterocycles. The van der Waals surface area contributed by atoms with Gasteiger partial charge in [-0.1, -0.05) is 38.8 Å². The van der Waals surface area contributed by atoms with Gasteiger partial charge in [0.2, 0.25) is 0 Å². The Balaban J connectivity index is 0. The molecule has 0 aliphatic heterocycles. The van der Waals surface area contributed by atoms with E-state index in [2.05, 4.69) is 51.2 Å². The van der Waals surface area contributed by atoms with E-state index < -0.39 is 0 Å². The van der Waals surface area contributed by atoms with Crippen molar-refractivity contribution >= 4 is 5.43 Å². The maximum absolute atomic E-state index is 3.43. The number of halogens is 2. The van der Waals surface area contributed by atoms with Crippen molar-refractivity contribution in [1.29, 1.82) is 0 Å². The van der Waals surface area contributed by atoms with Crippen molar-refractivity contribution in [2.24, 2.45) is 0 Å². The fourth-order valence-electron chi connectivity index (χ4n) is 1.69.